The van der Waals surface area contributed by atoms with Gasteiger partial charge in [0.1, 0.15) is 18.1 Å². The lowest BCUT2D eigenvalue weighted by atomic mass is 9.81. The summed E-state index contributed by atoms with van der Waals surface area (Å²) in [5, 5.41) is 0. The van der Waals surface area contributed by atoms with Gasteiger partial charge in [0.15, 0.2) is 5.71 Å². The fourth-order valence-electron chi connectivity index (χ4n) is 8.52. The normalized spacial score (nSPS) is 19.2. The van der Waals surface area contributed by atoms with E-state index in [2.05, 4.69) is 105 Å². The molecule has 0 aromatic heterocycles. The van der Waals surface area contributed by atoms with Crippen molar-refractivity contribution >= 4 is 37.3 Å². The molecule has 0 spiro atoms. The minimum absolute atomic E-state index is 0.203. The Labute approximate surface area is 339 Å². The lowest BCUT2D eigenvalue weighted by Gasteiger charge is -2.27. The van der Waals surface area contributed by atoms with E-state index < -0.39 is 20.2 Å². The Bertz CT molecular complexity index is 2350. The van der Waals surface area contributed by atoms with E-state index in [0.717, 1.165) is 54.8 Å². The third-order valence-corrected chi connectivity index (χ3v) is 13.2. The van der Waals surface area contributed by atoms with Crippen molar-refractivity contribution in [3.8, 4) is 5.75 Å². The van der Waals surface area contributed by atoms with Crippen molar-refractivity contribution < 1.29 is 35.3 Å². The van der Waals surface area contributed by atoms with E-state index in [1.54, 1.807) is 12.1 Å². The van der Waals surface area contributed by atoms with Crippen molar-refractivity contribution in [1.82, 2.24) is 0 Å². The second-order valence-electron chi connectivity index (χ2n) is 16.4. The van der Waals surface area contributed by atoms with Crippen LogP contribution in [0, 0.1) is 0 Å². The van der Waals surface area contributed by atoms with Crippen LogP contribution in [0.3, 0.4) is 0 Å². The first kappa shape index (κ1) is 42.3. The lowest BCUT2D eigenvalue weighted by molar-refractivity contribution is -0.438. The standard InChI is InChI=1S/C46H56N2O7S2/c1-6-7-8-13-31-47-40-21-11-9-19-38(40)45(2,3)42(47)29-23-34-17-16-18-35(44(34)55-36-25-27-37(28-26-36)57(52,53)54)24-30-43-46(4,5)39-20-10-12-22-41(39)48(43)32-14-15-33-56(49,50)51/h9-12,19-30H,6-8,13-18,31-33H2,1-5H3,(H-,49,50,51,52,53,54)/p+1. The van der Waals surface area contributed by atoms with E-state index in [0.29, 0.717) is 30.9 Å². The molecule has 0 saturated heterocycles. The Morgan fingerprint density at radius 2 is 1.47 bits per heavy atom. The first-order chi connectivity index (χ1) is 27.0. The largest absolute Gasteiger partial charge is 0.457 e. The molecule has 0 amide bonds. The van der Waals surface area contributed by atoms with Gasteiger partial charge in [-0.25, -0.2) is 0 Å². The van der Waals surface area contributed by atoms with Gasteiger partial charge in [0.05, 0.1) is 16.1 Å². The number of hydrogen-bond acceptors (Lipinski definition) is 6. The highest BCUT2D eigenvalue weighted by Gasteiger charge is 2.44. The molecule has 0 saturated carbocycles. The van der Waals surface area contributed by atoms with Crippen LogP contribution in [-0.4, -0.2) is 55.1 Å². The van der Waals surface area contributed by atoms with Crippen molar-refractivity contribution in [3.05, 3.63) is 131 Å². The molecule has 57 heavy (non-hydrogen) atoms. The number of ether oxygens (including phenoxy) is 1. The van der Waals surface area contributed by atoms with Crippen LogP contribution in [0.4, 0.5) is 11.4 Å². The van der Waals surface area contributed by atoms with E-state index >= 15 is 0 Å². The molecule has 9 nitrogen and oxygen atoms in total. The van der Waals surface area contributed by atoms with E-state index in [1.165, 1.54) is 53.9 Å². The third kappa shape index (κ3) is 9.54. The SMILES string of the molecule is CCCCCC[N+]1=C(/C=C/C2=C(Oc3ccc(S(=O)(=O)O)cc3)C(=C/C=C3/N(CCCCS(=O)(=O)O)c4ccccc4C3(C)C)/CCC2)C(C)(C)c2ccccc21. The van der Waals surface area contributed by atoms with Crippen LogP contribution < -0.4 is 9.64 Å². The van der Waals surface area contributed by atoms with Crippen LogP contribution in [-0.2, 0) is 31.1 Å². The van der Waals surface area contributed by atoms with Crippen LogP contribution >= 0.6 is 0 Å². The first-order valence-electron chi connectivity index (χ1n) is 20.2. The second-order valence-corrected chi connectivity index (χ2v) is 19.4. The molecule has 0 atom stereocenters. The molecular formula is C46H57N2O7S2+. The zero-order chi connectivity index (χ0) is 41.0. The molecule has 3 aliphatic rings. The van der Waals surface area contributed by atoms with Crippen LogP contribution in [0.15, 0.2) is 125 Å². The van der Waals surface area contributed by atoms with Gasteiger partial charge in [-0.3, -0.25) is 9.11 Å². The monoisotopic (exact) mass is 813 g/mol. The van der Waals surface area contributed by atoms with Gasteiger partial charge in [0.2, 0.25) is 5.69 Å². The van der Waals surface area contributed by atoms with Crippen molar-refractivity contribution in [1.29, 1.82) is 0 Å². The average Bonchev–Trinajstić information content (AvgIpc) is 3.51. The smallest absolute Gasteiger partial charge is 0.294 e. The second kappa shape index (κ2) is 17.3. The summed E-state index contributed by atoms with van der Waals surface area (Å²) in [6.45, 7) is 12.7. The first-order valence-corrected chi connectivity index (χ1v) is 23.2. The van der Waals surface area contributed by atoms with Crippen molar-refractivity contribution in [3.63, 3.8) is 0 Å². The molecule has 2 N–H and O–H groups in total. The number of hydrogen-bond donors (Lipinski definition) is 2. The summed E-state index contributed by atoms with van der Waals surface area (Å²) in [5.41, 5.74) is 8.60. The van der Waals surface area contributed by atoms with Gasteiger partial charge < -0.3 is 9.64 Å². The summed E-state index contributed by atoms with van der Waals surface area (Å²) in [6.07, 6.45) is 16.8. The Morgan fingerprint density at radius 1 is 0.772 bits per heavy atom. The van der Waals surface area contributed by atoms with Crippen molar-refractivity contribution in [2.24, 2.45) is 0 Å². The van der Waals surface area contributed by atoms with Gasteiger partial charge in [0.25, 0.3) is 20.2 Å². The number of anilines is 1. The number of nitrogens with zero attached hydrogens (tertiary/aromatic N) is 2. The number of fused-ring (bicyclic) bond motifs is 2. The Kier molecular flexibility index (Phi) is 12.8. The molecule has 0 fully saturated rings. The predicted molar refractivity (Wildman–Crippen MR) is 229 cm³/mol. The van der Waals surface area contributed by atoms with Crippen LogP contribution in [0.2, 0.25) is 0 Å². The number of benzene rings is 3. The molecular weight excluding hydrogens is 757 g/mol. The highest BCUT2D eigenvalue weighted by atomic mass is 32.2. The molecule has 2 heterocycles. The van der Waals surface area contributed by atoms with E-state index in [9.17, 15) is 25.9 Å². The summed E-state index contributed by atoms with van der Waals surface area (Å²) < 4.78 is 74.8. The third-order valence-electron chi connectivity index (χ3n) is 11.6. The van der Waals surface area contributed by atoms with Gasteiger partial charge in [-0.2, -0.15) is 21.4 Å². The fourth-order valence-corrected chi connectivity index (χ4v) is 9.57. The Morgan fingerprint density at radius 3 is 2.18 bits per heavy atom. The quantitative estimate of drug-likeness (QED) is 0.0832. The number of para-hydroxylation sites is 2. The Hall–Kier alpha value is -4.29. The van der Waals surface area contributed by atoms with E-state index in [-0.39, 0.29) is 21.5 Å². The van der Waals surface area contributed by atoms with Crippen molar-refractivity contribution in [2.45, 2.75) is 108 Å². The maximum Gasteiger partial charge on any atom is 0.294 e. The number of unbranched alkanes of at least 4 members (excludes halogenated alkanes) is 4. The molecule has 6 rings (SSSR count). The zero-order valence-corrected chi connectivity index (χ0v) is 35.5. The van der Waals surface area contributed by atoms with Gasteiger partial charge in [0, 0.05) is 47.5 Å². The predicted octanol–water partition coefficient (Wildman–Crippen LogP) is 10.2. The molecule has 3 aromatic rings. The van der Waals surface area contributed by atoms with Gasteiger partial charge in [-0.15, -0.1) is 0 Å². The van der Waals surface area contributed by atoms with Gasteiger partial charge in [-0.05, 0) is 112 Å². The maximum absolute atomic E-state index is 11.8. The van der Waals surface area contributed by atoms with Gasteiger partial charge in [-0.1, -0.05) is 76.1 Å². The molecule has 11 heteroatoms. The average molecular weight is 814 g/mol. The summed E-state index contributed by atoms with van der Waals surface area (Å²) in [4.78, 5) is 2.05. The van der Waals surface area contributed by atoms with Crippen molar-refractivity contribution in [2.75, 3.05) is 23.7 Å². The topological polar surface area (TPSA) is 124 Å². The number of rotatable bonds is 16. The summed E-state index contributed by atoms with van der Waals surface area (Å²) in [5.74, 6) is 0.892. The lowest BCUT2D eigenvalue weighted by Crippen LogP contribution is -2.28. The minimum Gasteiger partial charge on any atom is -0.457 e. The summed E-state index contributed by atoms with van der Waals surface area (Å²) in [6, 6.07) is 22.8. The van der Waals surface area contributed by atoms with E-state index in [1.807, 2.05) is 12.1 Å². The zero-order valence-electron chi connectivity index (χ0n) is 33.9. The summed E-state index contributed by atoms with van der Waals surface area (Å²) in [7, 11) is -8.41. The summed E-state index contributed by atoms with van der Waals surface area (Å²) >= 11 is 0. The minimum atomic E-state index is -4.37. The molecule has 304 valence electrons. The number of allylic oxidation sites excluding steroid dienone is 7. The highest BCUT2D eigenvalue weighted by Crippen LogP contribution is 2.48. The molecule has 0 radical (unpaired) electrons. The maximum atomic E-state index is 11.8. The highest BCUT2D eigenvalue weighted by molar-refractivity contribution is 7.86. The van der Waals surface area contributed by atoms with Gasteiger partial charge >= 0.3 is 0 Å². The van der Waals surface area contributed by atoms with Crippen LogP contribution in [0.1, 0.15) is 104 Å². The fraction of sp³-hybridized carbons (Fsp3) is 0.413. The van der Waals surface area contributed by atoms with E-state index in [4.69, 9.17) is 4.74 Å². The Balaban J connectivity index is 1.42. The molecule has 3 aromatic carbocycles. The molecule has 2 aliphatic heterocycles. The van der Waals surface area contributed by atoms with Crippen LogP contribution in [0.25, 0.3) is 0 Å². The molecule has 1 aliphatic carbocycles. The van der Waals surface area contributed by atoms with Crippen LogP contribution in [0.5, 0.6) is 5.75 Å². The molecule has 0 bridgehead atoms. The molecule has 0 unspecified atom stereocenters.